The summed E-state index contributed by atoms with van der Waals surface area (Å²) in [6, 6.07) is 7.97. The second-order valence-electron chi connectivity index (χ2n) is 6.86. The molecule has 0 radical (unpaired) electrons. The van der Waals surface area contributed by atoms with Gasteiger partial charge in [0.25, 0.3) is 0 Å². The number of rotatable bonds is 5. The van der Waals surface area contributed by atoms with Gasteiger partial charge in [0.15, 0.2) is 0 Å². The molecule has 0 atom stereocenters. The second kappa shape index (κ2) is 8.04. The molecule has 1 heterocycles. The summed E-state index contributed by atoms with van der Waals surface area (Å²) in [7, 11) is 0. The van der Waals surface area contributed by atoms with Crippen LogP contribution in [0.4, 0.5) is 0 Å². The molecule has 0 bridgehead atoms. The van der Waals surface area contributed by atoms with Gasteiger partial charge in [-0.1, -0.05) is 37.5 Å². The zero-order valence-electron chi connectivity index (χ0n) is 14.3. The van der Waals surface area contributed by atoms with Gasteiger partial charge in [0, 0.05) is 17.4 Å². The molecule has 1 aliphatic rings. The van der Waals surface area contributed by atoms with E-state index in [2.05, 4.69) is 5.32 Å². The smallest absolute Gasteiger partial charge is 0.220 e. The fraction of sp³-hybridized carbons (Fsp3) is 0.526. The second-order valence-corrected chi connectivity index (χ2v) is 6.86. The van der Waals surface area contributed by atoms with E-state index in [9.17, 15) is 4.79 Å². The number of aryl methyl sites for hydroxylation is 1. The molecule has 0 saturated heterocycles. The SMILES string of the molecule is Cc1c(CNC(=O)CC2(CN)CCCCC2)oc2ccccc12.Cl. The topological polar surface area (TPSA) is 68.3 Å². The third-order valence-electron chi connectivity index (χ3n) is 5.27. The number of nitrogens with two attached hydrogens (primary N) is 1. The maximum atomic E-state index is 12.4. The molecule has 1 aromatic carbocycles. The fourth-order valence-electron chi connectivity index (χ4n) is 3.73. The zero-order chi connectivity index (χ0) is 16.3. The van der Waals surface area contributed by atoms with Crippen LogP contribution in [0.15, 0.2) is 28.7 Å². The van der Waals surface area contributed by atoms with Crippen molar-refractivity contribution in [2.24, 2.45) is 11.1 Å². The summed E-state index contributed by atoms with van der Waals surface area (Å²) < 4.78 is 5.85. The number of fused-ring (bicyclic) bond motifs is 1. The van der Waals surface area contributed by atoms with Crippen molar-refractivity contribution in [2.45, 2.75) is 52.0 Å². The molecule has 3 N–H and O–H groups in total. The van der Waals surface area contributed by atoms with Crippen molar-refractivity contribution in [3.63, 3.8) is 0 Å². The normalized spacial score (nSPS) is 16.6. The molecule has 4 nitrogen and oxygen atoms in total. The maximum absolute atomic E-state index is 12.4. The number of furan rings is 1. The molecule has 1 amide bonds. The minimum atomic E-state index is 0. The quantitative estimate of drug-likeness (QED) is 0.853. The first-order valence-corrected chi connectivity index (χ1v) is 8.57. The highest BCUT2D eigenvalue weighted by atomic mass is 35.5. The van der Waals surface area contributed by atoms with Crippen LogP contribution < -0.4 is 11.1 Å². The number of para-hydroxylation sites is 1. The third-order valence-corrected chi connectivity index (χ3v) is 5.27. The van der Waals surface area contributed by atoms with Gasteiger partial charge in [-0.2, -0.15) is 0 Å². The summed E-state index contributed by atoms with van der Waals surface area (Å²) in [5, 5.41) is 4.13. The van der Waals surface area contributed by atoms with E-state index in [-0.39, 0.29) is 23.7 Å². The molecule has 3 rings (SSSR count). The fourth-order valence-corrected chi connectivity index (χ4v) is 3.73. The number of amides is 1. The van der Waals surface area contributed by atoms with Gasteiger partial charge in [-0.15, -0.1) is 12.4 Å². The first-order chi connectivity index (χ1) is 11.1. The van der Waals surface area contributed by atoms with E-state index in [4.69, 9.17) is 10.2 Å². The summed E-state index contributed by atoms with van der Waals surface area (Å²) >= 11 is 0. The van der Waals surface area contributed by atoms with E-state index in [1.54, 1.807) is 0 Å². The van der Waals surface area contributed by atoms with Crippen molar-refractivity contribution in [3.05, 3.63) is 35.6 Å². The van der Waals surface area contributed by atoms with Crippen LogP contribution in [0.3, 0.4) is 0 Å². The van der Waals surface area contributed by atoms with Gasteiger partial charge < -0.3 is 15.5 Å². The number of hydrogen-bond donors (Lipinski definition) is 2. The van der Waals surface area contributed by atoms with E-state index in [0.29, 0.717) is 19.5 Å². The third kappa shape index (κ3) is 3.93. The van der Waals surface area contributed by atoms with Crippen LogP contribution in [0, 0.1) is 12.3 Å². The summed E-state index contributed by atoms with van der Waals surface area (Å²) in [4.78, 5) is 12.4. The Morgan fingerprint density at radius 1 is 1.25 bits per heavy atom. The molecule has 132 valence electrons. The number of carbonyl (C=O) groups is 1. The van der Waals surface area contributed by atoms with Gasteiger partial charge in [0.05, 0.1) is 6.54 Å². The van der Waals surface area contributed by atoms with Crippen LogP contribution in [-0.2, 0) is 11.3 Å². The first kappa shape index (κ1) is 18.8. The molecule has 0 spiro atoms. The van der Waals surface area contributed by atoms with Gasteiger partial charge in [0.2, 0.25) is 5.91 Å². The summed E-state index contributed by atoms with van der Waals surface area (Å²) in [6.07, 6.45) is 6.31. The molecule has 1 fully saturated rings. The van der Waals surface area contributed by atoms with Crippen molar-refractivity contribution in [2.75, 3.05) is 6.54 Å². The summed E-state index contributed by atoms with van der Waals surface area (Å²) in [5.74, 6) is 0.919. The molecule has 2 aromatic rings. The van der Waals surface area contributed by atoms with Gasteiger partial charge in [-0.25, -0.2) is 0 Å². The van der Waals surface area contributed by atoms with E-state index in [0.717, 1.165) is 35.1 Å². The van der Waals surface area contributed by atoms with E-state index in [1.807, 2.05) is 31.2 Å². The molecule has 1 aliphatic carbocycles. The van der Waals surface area contributed by atoms with E-state index in [1.165, 1.54) is 19.3 Å². The van der Waals surface area contributed by atoms with Crippen molar-refractivity contribution in [3.8, 4) is 0 Å². The maximum Gasteiger partial charge on any atom is 0.220 e. The van der Waals surface area contributed by atoms with Gasteiger partial charge in [-0.3, -0.25) is 4.79 Å². The Labute approximate surface area is 149 Å². The lowest BCUT2D eigenvalue weighted by Gasteiger charge is -2.35. The molecule has 24 heavy (non-hydrogen) atoms. The molecule has 5 heteroatoms. The van der Waals surface area contributed by atoms with Crippen LogP contribution in [0.2, 0.25) is 0 Å². The molecule has 0 unspecified atom stereocenters. The number of hydrogen-bond acceptors (Lipinski definition) is 3. The Morgan fingerprint density at radius 2 is 1.96 bits per heavy atom. The lowest BCUT2D eigenvalue weighted by atomic mass is 9.71. The van der Waals surface area contributed by atoms with Crippen LogP contribution in [-0.4, -0.2) is 12.5 Å². The highest BCUT2D eigenvalue weighted by molar-refractivity contribution is 5.85. The number of carbonyl (C=O) groups excluding carboxylic acids is 1. The Balaban J connectivity index is 0.00000208. The van der Waals surface area contributed by atoms with Crippen molar-refractivity contribution < 1.29 is 9.21 Å². The molecular formula is C19H27ClN2O2. The minimum absolute atomic E-state index is 0. The Morgan fingerprint density at radius 3 is 2.62 bits per heavy atom. The standard InChI is InChI=1S/C19H26N2O2.ClH/c1-14-15-7-3-4-8-16(15)23-17(14)12-21-18(22)11-19(13-20)9-5-2-6-10-19;/h3-4,7-8H,2,5-6,9-13,20H2,1H3,(H,21,22);1H. The first-order valence-electron chi connectivity index (χ1n) is 8.57. The molecular weight excluding hydrogens is 324 g/mol. The Bertz CT molecular complexity index is 690. The minimum Gasteiger partial charge on any atom is -0.459 e. The number of halogens is 1. The number of nitrogens with one attached hydrogen (secondary N) is 1. The van der Waals surface area contributed by atoms with Crippen LogP contribution in [0.1, 0.15) is 49.8 Å². The summed E-state index contributed by atoms with van der Waals surface area (Å²) in [6.45, 7) is 3.08. The van der Waals surface area contributed by atoms with E-state index >= 15 is 0 Å². The Hall–Kier alpha value is -1.52. The highest BCUT2D eigenvalue weighted by Gasteiger charge is 2.32. The molecule has 1 aromatic heterocycles. The Kier molecular flexibility index (Phi) is 6.30. The van der Waals surface area contributed by atoms with Crippen LogP contribution in [0.5, 0.6) is 0 Å². The monoisotopic (exact) mass is 350 g/mol. The highest BCUT2D eigenvalue weighted by Crippen LogP contribution is 2.38. The van der Waals surface area contributed by atoms with Gasteiger partial charge >= 0.3 is 0 Å². The molecule has 0 aliphatic heterocycles. The van der Waals surface area contributed by atoms with Crippen molar-refractivity contribution in [1.29, 1.82) is 0 Å². The van der Waals surface area contributed by atoms with E-state index < -0.39 is 0 Å². The largest absolute Gasteiger partial charge is 0.459 e. The van der Waals surface area contributed by atoms with Gasteiger partial charge in [0.1, 0.15) is 11.3 Å². The van der Waals surface area contributed by atoms with Crippen molar-refractivity contribution >= 4 is 29.3 Å². The lowest BCUT2D eigenvalue weighted by Crippen LogP contribution is -2.38. The van der Waals surface area contributed by atoms with Crippen LogP contribution in [0.25, 0.3) is 11.0 Å². The van der Waals surface area contributed by atoms with Gasteiger partial charge in [-0.05, 0) is 37.8 Å². The van der Waals surface area contributed by atoms with Crippen molar-refractivity contribution in [1.82, 2.24) is 5.32 Å². The zero-order valence-corrected chi connectivity index (χ0v) is 15.1. The average Bonchev–Trinajstić information content (AvgIpc) is 2.90. The summed E-state index contributed by atoms with van der Waals surface area (Å²) in [5.41, 5.74) is 7.95. The molecule has 1 saturated carbocycles. The lowest BCUT2D eigenvalue weighted by molar-refractivity contribution is -0.124. The number of benzene rings is 1. The predicted molar refractivity (Wildman–Crippen MR) is 99.2 cm³/mol. The predicted octanol–water partition coefficient (Wildman–Crippen LogP) is 4.08. The average molecular weight is 351 g/mol. The van der Waals surface area contributed by atoms with Crippen LogP contribution >= 0.6 is 12.4 Å².